The summed E-state index contributed by atoms with van der Waals surface area (Å²) in [7, 11) is -3.15. The minimum Gasteiger partial charge on any atom is -0.464 e. The summed E-state index contributed by atoms with van der Waals surface area (Å²) in [6, 6.07) is 14.2. The number of nitrogens with one attached hydrogen (secondary N) is 1. The maximum Gasteiger partial charge on any atom is 0.211 e. The minimum atomic E-state index is -3.15. The van der Waals surface area contributed by atoms with E-state index in [0.29, 0.717) is 19.6 Å². The Morgan fingerprint density at radius 1 is 1.20 bits per heavy atom. The summed E-state index contributed by atoms with van der Waals surface area (Å²) in [6.07, 6.45) is 3.70. The van der Waals surface area contributed by atoms with Crippen LogP contribution in [-0.2, 0) is 29.5 Å². The Balaban J connectivity index is 1.54. The van der Waals surface area contributed by atoms with Gasteiger partial charge in [-0.15, -0.1) is 0 Å². The van der Waals surface area contributed by atoms with E-state index in [9.17, 15) is 8.42 Å². The van der Waals surface area contributed by atoms with Crippen LogP contribution in [0.15, 0.2) is 53.1 Å². The van der Waals surface area contributed by atoms with Crippen LogP contribution in [0.3, 0.4) is 0 Å². The first-order valence-corrected chi connectivity index (χ1v) is 10.1. The van der Waals surface area contributed by atoms with Gasteiger partial charge in [0.1, 0.15) is 5.58 Å². The summed E-state index contributed by atoms with van der Waals surface area (Å²) in [5.41, 5.74) is 5.44. The van der Waals surface area contributed by atoms with Gasteiger partial charge in [0.2, 0.25) is 10.0 Å². The van der Waals surface area contributed by atoms with Crippen molar-refractivity contribution >= 4 is 26.7 Å². The Bertz CT molecular complexity index is 1020. The second-order valence-electron chi connectivity index (χ2n) is 6.44. The molecule has 0 saturated carbocycles. The third-order valence-corrected chi connectivity index (χ3v) is 5.95. The third kappa shape index (κ3) is 3.27. The smallest absolute Gasteiger partial charge is 0.211 e. The Hall–Kier alpha value is -2.31. The summed E-state index contributed by atoms with van der Waals surface area (Å²) in [4.78, 5) is 0. The normalized spacial score (nSPS) is 15.2. The molecule has 4 rings (SSSR count). The number of benzene rings is 2. The average molecular weight is 356 g/mol. The first kappa shape index (κ1) is 16.2. The van der Waals surface area contributed by atoms with Crippen LogP contribution in [0.2, 0.25) is 0 Å². The molecule has 0 radical (unpaired) electrons. The molecule has 0 amide bonds. The molecule has 1 N–H and O–H groups in total. The summed E-state index contributed by atoms with van der Waals surface area (Å²) in [5, 5.41) is 4.60. The van der Waals surface area contributed by atoms with Crippen LogP contribution in [0.25, 0.3) is 11.0 Å². The van der Waals surface area contributed by atoms with Crippen molar-refractivity contribution in [3.05, 3.63) is 65.4 Å². The van der Waals surface area contributed by atoms with Gasteiger partial charge in [0.25, 0.3) is 0 Å². The van der Waals surface area contributed by atoms with Gasteiger partial charge >= 0.3 is 0 Å². The van der Waals surface area contributed by atoms with Gasteiger partial charge < -0.3 is 9.73 Å². The Morgan fingerprint density at radius 3 is 2.92 bits per heavy atom. The fraction of sp³-hybridized carbons (Fsp3) is 0.263. The van der Waals surface area contributed by atoms with E-state index in [4.69, 9.17) is 4.42 Å². The maximum atomic E-state index is 11.8. The molecule has 0 atom stereocenters. The van der Waals surface area contributed by atoms with Gasteiger partial charge in [-0.05, 0) is 47.4 Å². The zero-order valence-electron chi connectivity index (χ0n) is 14.0. The number of hydrogen-bond donors (Lipinski definition) is 1. The average Bonchev–Trinajstić information content (AvgIpc) is 3.06. The quantitative estimate of drug-likeness (QED) is 0.779. The molecule has 2 heterocycles. The lowest BCUT2D eigenvalue weighted by molar-refractivity contribution is 0.395. The molecule has 0 unspecified atom stereocenters. The van der Waals surface area contributed by atoms with Crippen molar-refractivity contribution in [3.63, 3.8) is 0 Å². The van der Waals surface area contributed by atoms with Crippen molar-refractivity contribution in [3.8, 4) is 0 Å². The largest absolute Gasteiger partial charge is 0.464 e. The molecule has 6 heteroatoms. The van der Waals surface area contributed by atoms with Gasteiger partial charge in [-0.2, -0.15) is 4.31 Å². The van der Waals surface area contributed by atoms with E-state index < -0.39 is 10.0 Å². The van der Waals surface area contributed by atoms with E-state index in [0.717, 1.165) is 28.6 Å². The molecule has 0 spiro atoms. The first-order chi connectivity index (χ1) is 12.0. The van der Waals surface area contributed by atoms with Gasteiger partial charge in [0, 0.05) is 30.7 Å². The summed E-state index contributed by atoms with van der Waals surface area (Å²) in [5.74, 6) is 0. The van der Waals surface area contributed by atoms with E-state index in [1.54, 1.807) is 6.26 Å². The van der Waals surface area contributed by atoms with Crippen LogP contribution in [-0.4, -0.2) is 25.5 Å². The van der Waals surface area contributed by atoms with Crippen molar-refractivity contribution < 1.29 is 12.8 Å². The first-order valence-electron chi connectivity index (χ1n) is 8.26. The Morgan fingerprint density at radius 2 is 2.08 bits per heavy atom. The number of furan rings is 1. The van der Waals surface area contributed by atoms with E-state index >= 15 is 0 Å². The van der Waals surface area contributed by atoms with E-state index in [2.05, 4.69) is 23.5 Å². The number of hydrogen-bond acceptors (Lipinski definition) is 4. The molecule has 1 aliphatic heterocycles. The number of nitrogens with zero attached hydrogens (tertiary/aromatic N) is 1. The molecule has 2 aromatic carbocycles. The van der Waals surface area contributed by atoms with Crippen molar-refractivity contribution in [2.75, 3.05) is 18.1 Å². The molecule has 0 fully saturated rings. The number of rotatable bonds is 4. The molecule has 5 nitrogen and oxygen atoms in total. The van der Waals surface area contributed by atoms with Gasteiger partial charge in [-0.25, -0.2) is 8.42 Å². The van der Waals surface area contributed by atoms with E-state index in [-0.39, 0.29) is 0 Å². The number of anilines is 1. The lowest BCUT2D eigenvalue weighted by atomic mass is 9.99. The van der Waals surface area contributed by atoms with Crippen LogP contribution in [0, 0.1) is 0 Å². The maximum absolute atomic E-state index is 11.8. The van der Waals surface area contributed by atoms with Gasteiger partial charge in [0.05, 0.1) is 12.5 Å². The highest BCUT2D eigenvalue weighted by Gasteiger charge is 2.24. The van der Waals surface area contributed by atoms with Crippen LogP contribution in [0.1, 0.15) is 16.7 Å². The van der Waals surface area contributed by atoms with Crippen molar-refractivity contribution in [1.29, 1.82) is 0 Å². The van der Waals surface area contributed by atoms with Gasteiger partial charge in [-0.1, -0.05) is 18.2 Å². The van der Waals surface area contributed by atoms with E-state index in [1.165, 1.54) is 21.7 Å². The standard InChI is InChI=1S/C19H20N2O3S/c1-25(22,23)21-9-7-17-16(13-21)3-2-4-18(17)20-12-14-5-6-19-15(11-14)8-10-24-19/h2-6,8,10-11,20H,7,9,12-13H2,1H3. The topological polar surface area (TPSA) is 62.6 Å². The van der Waals surface area contributed by atoms with Crippen LogP contribution in [0.4, 0.5) is 5.69 Å². The number of fused-ring (bicyclic) bond motifs is 2. The lowest BCUT2D eigenvalue weighted by Gasteiger charge is -2.28. The molecule has 0 bridgehead atoms. The predicted octanol–water partition coefficient (Wildman–Crippen LogP) is 3.36. The monoisotopic (exact) mass is 356 g/mol. The van der Waals surface area contributed by atoms with E-state index in [1.807, 2.05) is 24.3 Å². The zero-order valence-corrected chi connectivity index (χ0v) is 14.8. The zero-order chi connectivity index (χ0) is 17.4. The molecular formula is C19H20N2O3S. The van der Waals surface area contributed by atoms with Crippen molar-refractivity contribution in [2.45, 2.75) is 19.5 Å². The summed E-state index contributed by atoms with van der Waals surface area (Å²) >= 11 is 0. The molecular weight excluding hydrogens is 336 g/mol. The fourth-order valence-corrected chi connectivity index (χ4v) is 4.15. The second-order valence-corrected chi connectivity index (χ2v) is 8.42. The highest BCUT2D eigenvalue weighted by atomic mass is 32.2. The summed E-state index contributed by atoms with van der Waals surface area (Å²) in [6.45, 7) is 1.70. The van der Waals surface area contributed by atoms with Crippen LogP contribution in [0.5, 0.6) is 0 Å². The molecule has 25 heavy (non-hydrogen) atoms. The lowest BCUT2D eigenvalue weighted by Crippen LogP contribution is -2.35. The molecule has 130 valence electrons. The SMILES string of the molecule is CS(=O)(=O)N1CCc2c(cccc2NCc2ccc3occc3c2)C1. The third-order valence-electron chi connectivity index (χ3n) is 4.70. The van der Waals surface area contributed by atoms with Crippen molar-refractivity contribution in [1.82, 2.24) is 4.31 Å². The van der Waals surface area contributed by atoms with Crippen molar-refractivity contribution in [2.24, 2.45) is 0 Å². The molecule has 3 aromatic rings. The Kier molecular flexibility index (Phi) is 4.01. The Labute approximate surface area is 147 Å². The molecule has 1 aromatic heterocycles. The van der Waals surface area contributed by atoms with Gasteiger partial charge in [-0.3, -0.25) is 0 Å². The minimum absolute atomic E-state index is 0.449. The summed E-state index contributed by atoms with van der Waals surface area (Å²) < 4.78 is 30.5. The second kappa shape index (κ2) is 6.20. The predicted molar refractivity (Wildman–Crippen MR) is 98.9 cm³/mol. The molecule has 0 saturated heterocycles. The highest BCUT2D eigenvalue weighted by Crippen LogP contribution is 2.28. The van der Waals surface area contributed by atoms with Gasteiger partial charge in [0.15, 0.2) is 0 Å². The molecule has 1 aliphatic rings. The fourth-order valence-electron chi connectivity index (χ4n) is 3.36. The number of sulfonamides is 1. The molecule has 0 aliphatic carbocycles. The van der Waals surface area contributed by atoms with Crippen LogP contribution >= 0.6 is 0 Å². The highest BCUT2D eigenvalue weighted by molar-refractivity contribution is 7.88. The van der Waals surface area contributed by atoms with Crippen LogP contribution < -0.4 is 5.32 Å².